The zero-order valence-corrected chi connectivity index (χ0v) is 18.4. The first-order chi connectivity index (χ1) is 14.6. The Hall–Kier alpha value is -2.83. The highest BCUT2D eigenvalue weighted by Crippen LogP contribution is 2.29. The smallest absolute Gasteiger partial charge is 0.173 e. The Morgan fingerprint density at radius 1 is 0.967 bits per heavy atom. The molecule has 30 heavy (non-hydrogen) atoms. The average Bonchev–Trinajstić information content (AvgIpc) is 3.19. The van der Waals surface area contributed by atoms with Gasteiger partial charge in [-0.25, -0.2) is 4.98 Å². The molecule has 0 N–H and O–H groups in total. The third-order valence-electron chi connectivity index (χ3n) is 4.75. The van der Waals surface area contributed by atoms with Crippen LogP contribution in [0.25, 0.3) is 17.1 Å². The van der Waals surface area contributed by atoms with Gasteiger partial charge in [0.25, 0.3) is 0 Å². The van der Waals surface area contributed by atoms with Crippen molar-refractivity contribution in [2.45, 2.75) is 12.1 Å². The highest BCUT2D eigenvalue weighted by Gasteiger charge is 2.15. The molecule has 0 saturated heterocycles. The number of benzene rings is 1. The molecule has 0 bridgehead atoms. The van der Waals surface area contributed by atoms with Crippen LogP contribution in [0.3, 0.4) is 0 Å². The molecule has 0 unspecified atom stereocenters. The maximum Gasteiger partial charge on any atom is 0.173 e. The van der Waals surface area contributed by atoms with Gasteiger partial charge in [0.2, 0.25) is 0 Å². The van der Waals surface area contributed by atoms with Crippen molar-refractivity contribution in [1.29, 1.82) is 0 Å². The van der Waals surface area contributed by atoms with Crippen molar-refractivity contribution in [1.82, 2.24) is 19.5 Å². The first kappa shape index (κ1) is 20.4. The monoisotopic (exact) mass is 435 g/mol. The van der Waals surface area contributed by atoms with Gasteiger partial charge in [-0.05, 0) is 55.0 Å². The predicted octanol–water partition coefficient (Wildman–Crippen LogP) is 5.52. The second-order valence-corrected chi connectivity index (χ2v) is 8.43. The Bertz CT molecular complexity index is 1090. The van der Waals surface area contributed by atoms with Crippen molar-refractivity contribution < 1.29 is 0 Å². The molecular formula is C23H22ClN5S. The fourth-order valence-electron chi connectivity index (χ4n) is 3.08. The first-order valence-electron chi connectivity index (χ1n) is 9.62. The van der Waals surface area contributed by atoms with Crippen LogP contribution < -0.4 is 4.90 Å². The molecule has 0 atom stereocenters. The lowest BCUT2D eigenvalue weighted by atomic mass is 10.2. The van der Waals surface area contributed by atoms with Crippen LogP contribution in [0.5, 0.6) is 0 Å². The van der Waals surface area contributed by atoms with E-state index in [1.807, 2.05) is 74.2 Å². The highest BCUT2D eigenvalue weighted by molar-refractivity contribution is 7.99. The number of hydrogen-bond donors (Lipinski definition) is 0. The van der Waals surface area contributed by atoms with E-state index in [1.54, 1.807) is 11.8 Å². The fourth-order valence-corrected chi connectivity index (χ4v) is 4.21. The Balaban J connectivity index is 1.59. The zero-order valence-electron chi connectivity index (χ0n) is 16.9. The second kappa shape index (κ2) is 9.32. The fraction of sp³-hybridized carbons (Fsp3) is 0.174. The number of hydrogen-bond acceptors (Lipinski definition) is 5. The standard InChI is InChI=1S/C23H22ClN5S/c1-17-3-8-21(26-15-17)22-16-27-23(29(22)20-6-4-18(24)5-7-20)30-14-13-28(2)19-9-11-25-12-10-19/h3-12,15-16H,13-14H2,1-2H3. The van der Waals surface area contributed by atoms with Crippen molar-refractivity contribution in [3.05, 3.63) is 83.9 Å². The van der Waals surface area contributed by atoms with Gasteiger partial charge in [-0.1, -0.05) is 29.4 Å². The van der Waals surface area contributed by atoms with Crippen LogP contribution in [0, 0.1) is 6.92 Å². The quantitative estimate of drug-likeness (QED) is 0.358. The maximum absolute atomic E-state index is 6.11. The summed E-state index contributed by atoms with van der Waals surface area (Å²) in [7, 11) is 2.09. The van der Waals surface area contributed by atoms with Crippen LogP contribution in [0.15, 0.2) is 78.5 Å². The van der Waals surface area contributed by atoms with Crippen molar-refractivity contribution in [2.75, 3.05) is 24.2 Å². The van der Waals surface area contributed by atoms with Crippen LogP contribution in [0.2, 0.25) is 5.02 Å². The molecule has 3 heterocycles. The summed E-state index contributed by atoms with van der Waals surface area (Å²) in [4.78, 5) is 15.6. The molecule has 3 aromatic heterocycles. The molecule has 0 aliphatic carbocycles. The molecule has 0 aliphatic rings. The normalized spacial score (nSPS) is 10.9. The molecule has 4 rings (SSSR count). The number of aryl methyl sites for hydroxylation is 1. The third kappa shape index (κ3) is 4.66. The Kier molecular flexibility index (Phi) is 6.35. The third-order valence-corrected chi connectivity index (χ3v) is 5.93. The lowest BCUT2D eigenvalue weighted by Crippen LogP contribution is -2.20. The van der Waals surface area contributed by atoms with Gasteiger partial charge in [-0.3, -0.25) is 14.5 Å². The summed E-state index contributed by atoms with van der Waals surface area (Å²) in [6.45, 7) is 2.92. The van der Waals surface area contributed by atoms with Crippen LogP contribution in [0.1, 0.15) is 5.56 Å². The van der Waals surface area contributed by atoms with Gasteiger partial charge in [0.05, 0.1) is 17.6 Å². The Morgan fingerprint density at radius 2 is 1.73 bits per heavy atom. The van der Waals surface area contributed by atoms with E-state index in [2.05, 4.69) is 32.5 Å². The number of pyridine rings is 2. The molecule has 0 amide bonds. The van der Waals surface area contributed by atoms with Gasteiger partial charge in [0.1, 0.15) is 0 Å². The van der Waals surface area contributed by atoms with Crippen LogP contribution in [0.4, 0.5) is 5.69 Å². The number of imidazole rings is 1. The molecule has 0 aliphatic heterocycles. The summed E-state index contributed by atoms with van der Waals surface area (Å²) in [5.74, 6) is 0.893. The molecule has 0 fully saturated rings. The molecule has 0 saturated carbocycles. The molecule has 5 nitrogen and oxygen atoms in total. The SMILES string of the molecule is Cc1ccc(-c2cnc(SCCN(C)c3ccncc3)n2-c2ccc(Cl)cc2)nc1. The van der Waals surface area contributed by atoms with E-state index in [4.69, 9.17) is 16.6 Å². The summed E-state index contributed by atoms with van der Waals surface area (Å²) < 4.78 is 2.14. The van der Waals surface area contributed by atoms with E-state index in [0.717, 1.165) is 45.8 Å². The van der Waals surface area contributed by atoms with Gasteiger partial charge in [0.15, 0.2) is 5.16 Å². The lowest BCUT2D eigenvalue weighted by Gasteiger charge is -2.18. The second-order valence-electron chi connectivity index (χ2n) is 6.93. The van der Waals surface area contributed by atoms with Crippen LogP contribution >= 0.6 is 23.4 Å². The van der Waals surface area contributed by atoms with Crippen molar-refractivity contribution >= 4 is 29.1 Å². The van der Waals surface area contributed by atoms with Gasteiger partial charge in [-0.2, -0.15) is 0 Å². The molecule has 152 valence electrons. The number of thioether (sulfide) groups is 1. The van der Waals surface area contributed by atoms with E-state index in [1.165, 1.54) is 0 Å². The summed E-state index contributed by atoms with van der Waals surface area (Å²) in [5, 5.41) is 1.64. The summed E-state index contributed by atoms with van der Waals surface area (Å²) >= 11 is 7.83. The zero-order chi connectivity index (χ0) is 20.9. The number of anilines is 1. The first-order valence-corrected chi connectivity index (χ1v) is 11.0. The van der Waals surface area contributed by atoms with E-state index >= 15 is 0 Å². The molecular weight excluding hydrogens is 414 g/mol. The molecule has 0 radical (unpaired) electrons. The van der Waals surface area contributed by atoms with Crippen molar-refractivity contribution in [2.24, 2.45) is 0 Å². The number of halogens is 1. The lowest BCUT2D eigenvalue weighted by molar-refractivity contribution is 0.892. The molecule has 4 aromatic rings. The number of nitrogens with zero attached hydrogens (tertiary/aromatic N) is 5. The average molecular weight is 436 g/mol. The largest absolute Gasteiger partial charge is 0.374 e. The minimum absolute atomic E-state index is 0.710. The Morgan fingerprint density at radius 3 is 2.43 bits per heavy atom. The van der Waals surface area contributed by atoms with E-state index < -0.39 is 0 Å². The van der Waals surface area contributed by atoms with Gasteiger partial charge in [-0.15, -0.1) is 0 Å². The molecule has 7 heteroatoms. The molecule has 0 spiro atoms. The van der Waals surface area contributed by atoms with Crippen molar-refractivity contribution in [3.8, 4) is 17.1 Å². The highest BCUT2D eigenvalue weighted by atomic mass is 35.5. The summed E-state index contributed by atoms with van der Waals surface area (Å²) in [5.41, 5.74) is 5.15. The van der Waals surface area contributed by atoms with Crippen LogP contribution in [-0.2, 0) is 0 Å². The molecule has 1 aromatic carbocycles. The topological polar surface area (TPSA) is 46.8 Å². The van der Waals surface area contributed by atoms with E-state index in [0.29, 0.717) is 5.02 Å². The summed E-state index contributed by atoms with van der Waals surface area (Å²) in [6, 6.07) is 15.9. The number of rotatable bonds is 7. The van der Waals surface area contributed by atoms with E-state index in [-0.39, 0.29) is 0 Å². The summed E-state index contributed by atoms with van der Waals surface area (Å²) in [6.07, 6.45) is 7.40. The van der Waals surface area contributed by atoms with E-state index in [9.17, 15) is 0 Å². The van der Waals surface area contributed by atoms with Crippen LogP contribution in [-0.4, -0.2) is 38.9 Å². The van der Waals surface area contributed by atoms with Crippen molar-refractivity contribution in [3.63, 3.8) is 0 Å². The maximum atomic E-state index is 6.11. The Labute approximate surface area is 185 Å². The predicted molar refractivity (Wildman–Crippen MR) is 125 cm³/mol. The van der Waals surface area contributed by atoms with Gasteiger partial charge >= 0.3 is 0 Å². The minimum atomic E-state index is 0.710. The minimum Gasteiger partial charge on any atom is -0.374 e. The van der Waals surface area contributed by atoms with Gasteiger partial charge < -0.3 is 4.90 Å². The van der Waals surface area contributed by atoms with Gasteiger partial charge in [0, 0.05) is 54.3 Å². The number of aromatic nitrogens is 4.